The standard InChI is InChI=1S/C15H12F3N3O2/c16-15(17,18)11-23-19-10-12-4-6-13(7-5-12)14(22)20-21-8-2-1-3-9-21/h1-10H,11H2/b19-10+. The molecule has 1 amide bonds. The molecule has 0 unspecified atom stereocenters. The van der Waals surface area contributed by atoms with Crippen molar-refractivity contribution in [3.8, 4) is 0 Å². The molecule has 0 aliphatic carbocycles. The van der Waals surface area contributed by atoms with Crippen molar-refractivity contribution in [3.63, 3.8) is 0 Å². The van der Waals surface area contributed by atoms with Crippen molar-refractivity contribution in [2.24, 2.45) is 5.16 Å². The summed E-state index contributed by atoms with van der Waals surface area (Å²) >= 11 is 0. The number of carbonyl (C=O) groups excluding carboxylic acids is 1. The van der Waals surface area contributed by atoms with Gasteiger partial charge in [0.1, 0.15) is 5.91 Å². The number of benzene rings is 1. The highest BCUT2D eigenvalue weighted by Crippen LogP contribution is 2.14. The molecule has 0 saturated carbocycles. The monoisotopic (exact) mass is 323 g/mol. The number of oxime groups is 1. The van der Waals surface area contributed by atoms with E-state index in [0.717, 1.165) is 6.21 Å². The Hall–Kier alpha value is -2.90. The number of pyridine rings is 1. The van der Waals surface area contributed by atoms with Crippen LogP contribution in [0.2, 0.25) is 0 Å². The molecule has 0 aliphatic heterocycles. The van der Waals surface area contributed by atoms with E-state index in [1.54, 1.807) is 30.6 Å². The zero-order valence-corrected chi connectivity index (χ0v) is 11.8. The molecule has 1 heterocycles. The van der Waals surface area contributed by atoms with Crippen molar-refractivity contribution in [1.82, 2.24) is 0 Å². The number of rotatable bonds is 5. The van der Waals surface area contributed by atoms with Crippen LogP contribution in [-0.2, 0) is 4.84 Å². The molecule has 23 heavy (non-hydrogen) atoms. The van der Waals surface area contributed by atoms with Gasteiger partial charge in [0.2, 0.25) is 6.61 Å². The van der Waals surface area contributed by atoms with Gasteiger partial charge < -0.3 is 15.1 Å². The van der Waals surface area contributed by atoms with E-state index in [2.05, 4.69) is 15.4 Å². The SMILES string of the molecule is O=C([N-][n+]1ccccc1)c1ccc(/C=N/OCC(F)(F)F)cc1. The Balaban J connectivity index is 1.91. The Bertz CT molecular complexity index is 671. The van der Waals surface area contributed by atoms with Crippen LogP contribution < -0.4 is 4.68 Å². The van der Waals surface area contributed by atoms with Gasteiger partial charge in [0, 0.05) is 17.7 Å². The number of carbonyl (C=O) groups is 1. The van der Waals surface area contributed by atoms with Gasteiger partial charge in [0.15, 0.2) is 12.4 Å². The summed E-state index contributed by atoms with van der Waals surface area (Å²) < 4.78 is 36.9. The number of alkyl halides is 3. The van der Waals surface area contributed by atoms with Gasteiger partial charge in [-0.1, -0.05) is 35.5 Å². The summed E-state index contributed by atoms with van der Waals surface area (Å²) in [7, 11) is 0. The average Bonchev–Trinajstić information content (AvgIpc) is 2.52. The van der Waals surface area contributed by atoms with Crippen LogP contribution in [0, 0.1) is 0 Å². The zero-order valence-electron chi connectivity index (χ0n) is 11.8. The lowest BCUT2D eigenvalue weighted by Crippen LogP contribution is -2.30. The Labute approximate surface area is 130 Å². The molecule has 1 aromatic heterocycles. The maximum atomic E-state index is 11.9. The van der Waals surface area contributed by atoms with E-state index in [0.29, 0.717) is 11.1 Å². The van der Waals surface area contributed by atoms with E-state index in [4.69, 9.17) is 0 Å². The normalized spacial score (nSPS) is 11.4. The second kappa shape index (κ2) is 7.39. The minimum atomic E-state index is -4.43. The maximum absolute atomic E-state index is 11.9. The van der Waals surface area contributed by atoms with E-state index in [-0.39, 0.29) is 0 Å². The average molecular weight is 323 g/mol. The van der Waals surface area contributed by atoms with E-state index >= 15 is 0 Å². The van der Waals surface area contributed by atoms with Crippen molar-refractivity contribution < 1.29 is 27.5 Å². The predicted octanol–water partition coefficient (Wildman–Crippen LogP) is 2.86. The number of halogens is 3. The summed E-state index contributed by atoms with van der Waals surface area (Å²) in [4.78, 5) is 16.0. The molecule has 0 atom stereocenters. The Morgan fingerprint density at radius 2 is 1.83 bits per heavy atom. The van der Waals surface area contributed by atoms with Crippen molar-refractivity contribution >= 4 is 12.1 Å². The van der Waals surface area contributed by atoms with Gasteiger partial charge in [0.25, 0.3) is 0 Å². The lowest BCUT2D eigenvalue weighted by molar-refractivity contribution is -0.617. The summed E-state index contributed by atoms with van der Waals surface area (Å²) in [5.74, 6) is -0.446. The first-order valence-corrected chi connectivity index (χ1v) is 6.49. The third kappa shape index (κ3) is 5.77. The molecule has 120 valence electrons. The largest absolute Gasteiger partial charge is 0.425 e. The highest BCUT2D eigenvalue weighted by atomic mass is 19.4. The zero-order chi connectivity index (χ0) is 16.7. The van der Waals surface area contributed by atoms with Crippen molar-refractivity contribution in [2.45, 2.75) is 6.18 Å². The second-order valence-electron chi connectivity index (χ2n) is 4.41. The molecule has 0 spiro atoms. The van der Waals surface area contributed by atoms with Gasteiger partial charge in [-0.3, -0.25) is 0 Å². The van der Waals surface area contributed by atoms with Crippen LogP contribution in [0.1, 0.15) is 15.9 Å². The number of nitrogens with zero attached hydrogens (tertiary/aromatic N) is 3. The second-order valence-corrected chi connectivity index (χ2v) is 4.41. The van der Waals surface area contributed by atoms with Crippen LogP contribution in [0.3, 0.4) is 0 Å². The molecular formula is C15H12F3N3O2. The Kier molecular flexibility index (Phi) is 5.29. The van der Waals surface area contributed by atoms with Crippen LogP contribution in [0.25, 0.3) is 5.43 Å². The van der Waals surface area contributed by atoms with E-state index in [1.807, 2.05) is 0 Å². The summed E-state index contributed by atoms with van der Waals surface area (Å²) in [5, 5.41) is 3.21. The molecule has 0 radical (unpaired) electrons. The summed E-state index contributed by atoms with van der Waals surface area (Å²) in [6.07, 6.45) is -0.0544. The fourth-order valence-electron chi connectivity index (χ4n) is 1.54. The molecule has 1 aromatic carbocycles. The van der Waals surface area contributed by atoms with Crippen LogP contribution in [-0.4, -0.2) is 24.9 Å². The smallest absolute Gasteiger partial charge is 0.386 e. The number of aromatic nitrogens is 1. The van der Waals surface area contributed by atoms with Crippen LogP contribution in [0.5, 0.6) is 0 Å². The van der Waals surface area contributed by atoms with E-state index in [1.165, 1.54) is 28.9 Å². The molecule has 5 nitrogen and oxygen atoms in total. The summed E-state index contributed by atoms with van der Waals surface area (Å²) in [6.45, 7) is -1.45. The molecule has 8 heteroatoms. The van der Waals surface area contributed by atoms with Crippen LogP contribution in [0.15, 0.2) is 60.0 Å². The predicted molar refractivity (Wildman–Crippen MR) is 75.8 cm³/mol. The van der Waals surface area contributed by atoms with Crippen LogP contribution >= 0.6 is 0 Å². The Morgan fingerprint density at radius 1 is 1.17 bits per heavy atom. The maximum Gasteiger partial charge on any atom is 0.425 e. The van der Waals surface area contributed by atoms with E-state index < -0.39 is 18.7 Å². The fraction of sp³-hybridized carbons (Fsp3) is 0.133. The molecular weight excluding hydrogens is 311 g/mol. The number of amides is 1. The number of hydrogen-bond donors (Lipinski definition) is 0. The van der Waals surface area contributed by atoms with E-state index in [9.17, 15) is 18.0 Å². The van der Waals surface area contributed by atoms with Gasteiger partial charge in [-0.25, -0.2) is 4.68 Å². The first kappa shape index (κ1) is 16.5. The van der Waals surface area contributed by atoms with Gasteiger partial charge >= 0.3 is 6.18 Å². The molecule has 2 aromatic rings. The minimum absolute atomic E-state index is 0.342. The third-order valence-electron chi connectivity index (χ3n) is 2.57. The van der Waals surface area contributed by atoms with Crippen LogP contribution in [0.4, 0.5) is 13.2 Å². The highest BCUT2D eigenvalue weighted by molar-refractivity contribution is 6.02. The van der Waals surface area contributed by atoms with Gasteiger partial charge in [0.05, 0.1) is 6.21 Å². The first-order chi connectivity index (χ1) is 10.9. The fourth-order valence-corrected chi connectivity index (χ4v) is 1.54. The molecule has 2 rings (SSSR count). The molecule has 0 saturated heterocycles. The number of hydrogen-bond acceptors (Lipinski definition) is 3. The first-order valence-electron chi connectivity index (χ1n) is 6.49. The van der Waals surface area contributed by atoms with Crippen molar-refractivity contribution in [2.75, 3.05) is 6.61 Å². The molecule has 0 aliphatic rings. The van der Waals surface area contributed by atoms with Crippen molar-refractivity contribution in [3.05, 3.63) is 71.4 Å². The molecule has 0 bridgehead atoms. The summed E-state index contributed by atoms with van der Waals surface area (Å²) in [6, 6.07) is 11.3. The lowest BCUT2D eigenvalue weighted by atomic mass is 10.1. The van der Waals surface area contributed by atoms with Crippen molar-refractivity contribution in [1.29, 1.82) is 0 Å². The Morgan fingerprint density at radius 3 is 2.43 bits per heavy atom. The van der Waals surface area contributed by atoms with Gasteiger partial charge in [-0.05, 0) is 5.56 Å². The topological polar surface area (TPSA) is 56.6 Å². The quantitative estimate of drug-likeness (QED) is 0.483. The van der Waals surface area contributed by atoms with Gasteiger partial charge in [-0.15, -0.1) is 0 Å². The molecule has 0 N–H and O–H groups in total. The third-order valence-corrected chi connectivity index (χ3v) is 2.57. The van der Waals surface area contributed by atoms with Gasteiger partial charge in [-0.2, -0.15) is 13.2 Å². The highest BCUT2D eigenvalue weighted by Gasteiger charge is 2.28. The summed E-state index contributed by atoms with van der Waals surface area (Å²) in [5.41, 5.74) is 4.69. The minimum Gasteiger partial charge on any atom is -0.386 e. The lowest BCUT2D eigenvalue weighted by Gasteiger charge is -2.11. The molecule has 0 fully saturated rings.